The fourth-order valence-corrected chi connectivity index (χ4v) is 1.99. The maximum Gasteiger partial charge on any atom is 0.371 e. The van der Waals surface area contributed by atoms with Gasteiger partial charge < -0.3 is 14.6 Å². The van der Waals surface area contributed by atoms with Crippen LogP contribution in [-0.4, -0.2) is 16.2 Å². The Morgan fingerprint density at radius 1 is 1.10 bits per heavy atom. The smallest absolute Gasteiger partial charge is 0.371 e. The van der Waals surface area contributed by atoms with E-state index < -0.39 is 17.0 Å². The average molecular weight is 274 g/mol. The highest BCUT2D eigenvalue weighted by atomic mass is 16.4. The van der Waals surface area contributed by atoms with Gasteiger partial charge in [-0.1, -0.05) is 26.0 Å². The van der Waals surface area contributed by atoms with Crippen molar-refractivity contribution in [1.82, 2.24) is 0 Å². The third kappa shape index (κ3) is 2.56. The first-order chi connectivity index (χ1) is 9.30. The minimum absolute atomic E-state index is 0.142. The van der Waals surface area contributed by atoms with E-state index in [9.17, 15) is 14.7 Å². The van der Waals surface area contributed by atoms with Crippen molar-refractivity contribution in [1.29, 1.82) is 0 Å². The van der Waals surface area contributed by atoms with E-state index in [1.54, 1.807) is 24.3 Å². The van der Waals surface area contributed by atoms with Crippen LogP contribution in [0.3, 0.4) is 0 Å². The normalized spacial score (nSPS) is 11.3. The van der Waals surface area contributed by atoms with Gasteiger partial charge in [-0.25, -0.2) is 9.59 Å². The maximum atomic E-state index is 11.5. The molecule has 20 heavy (non-hydrogen) atoms. The number of aromatic hydroxyl groups is 1. The molecule has 5 heteroatoms. The summed E-state index contributed by atoms with van der Waals surface area (Å²) in [6, 6.07) is 9.16. The molecule has 0 aliphatic rings. The molecule has 0 saturated heterocycles. The molecule has 0 saturated carbocycles. The van der Waals surface area contributed by atoms with Gasteiger partial charge in [0.25, 0.3) is 0 Å². The summed E-state index contributed by atoms with van der Waals surface area (Å²) in [6.07, 6.45) is 0. The number of hydrogen-bond donors (Lipinski definition) is 2. The lowest BCUT2D eigenvalue weighted by atomic mass is 9.78. The Kier molecular flexibility index (Phi) is 3.36. The van der Waals surface area contributed by atoms with Crippen LogP contribution in [0.1, 0.15) is 35.5 Å². The zero-order chi connectivity index (χ0) is 14.9. The summed E-state index contributed by atoms with van der Waals surface area (Å²) in [6.45, 7) is 3.72. The summed E-state index contributed by atoms with van der Waals surface area (Å²) in [5, 5.41) is 18.3. The molecule has 0 spiro atoms. The standard InChI is InChI=1S/C15H14O5/c1-15(2,9-3-5-11(16)6-4-9)10-7-12(14(18)19)20-13(17)8-10/h3-8,16H,1-2H3,(H,18,19). The summed E-state index contributed by atoms with van der Waals surface area (Å²) in [7, 11) is 0. The molecule has 5 nitrogen and oxygen atoms in total. The summed E-state index contributed by atoms with van der Waals surface area (Å²) < 4.78 is 4.63. The Labute approximate surface area is 115 Å². The van der Waals surface area contributed by atoms with Crippen LogP contribution in [-0.2, 0) is 5.41 Å². The first kappa shape index (κ1) is 13.9. The molecule has 0 atom stereocenters. The van der Waals surface area contributed by atoms with Crippen molar-refractivity contribution in [2.24, 2.45) is 0 Å². The number of aromatic carboxylic acids is 1. The number of carboxylic acid groups (broad SMARTS) is 1. The van der Waals surface area contributed by atoms with Gasteiger partial charge in [0.1, 0.15) is 5.75 Å². The van der Waals surface area contributed by atoms with E-state index in [4.69, 9.17) is 5.11 Å². The largest absolute Gasteiger partial charge is 0.508 e. The van der Waals surface area contributed by atoms with Crippen molar-refractivity contribution in [3.8, 4) is 5.75 Å². The monoisotopic (exact) mass is 274 g/mol. The Morgan fingerprint density at radius 2 is 1.70 bits per heavy atom. The molecule has 0 radical (unpaired) electrons. The molecular formula is C15H14O5. The van der Waals surface area contributed by atoms with Crippen LogP contribution in [0.15, 0.2) is 45.6 Å². The summed E-state index contributed by atoms with van der Waals surface area (Å²) in [5.41, 5.74) is 0.0919. The Hall–Kier alpha value is -2.56. The fraction of sp³-hybridized carbons (Fsp3) is 0.200. The molecule has 0 unspecified atom stereocenters. The van der Waals surface area contributed by atoms with E-state index in [0.29, 0.717) is 5.56 Å². The molecule has 1 heterocycles. The molecule has 0 aliphatic carbocycles. The van der Waals surface area contributed by atoms with Crippen LogP contribution in [0.25, 0.3) is 0 Å². The predicted molar refractivity (Wildman–Crippen MR) is 72.2 cm³/mol. The second kappa shape index (κ2) is 4.85. The van der Waals surface area contributed by atoms with Crippen molar-refractivity contribution in [2.75, 3.05) is 0 Å². The van der Waals surface area contributed by atoms with E-state index >= 15 is 0 Å². The predicted octanol–water partition coefficient (Wildman–Crippen LogP) is 2.37. The van der Waals surface area contributed by atoms with Crippen LogP contribution in [0.4, 0.5) is 0 Å². The van der Waals surface area contributed by atoms with Crippen molar-refractivity contribution >= 4 is 5.97 Å². The van der Waals surface area contributed by atoms with Crippen molar-refractivity contribution in [2.45, 2.75) is 19.3 Å². The Morgan fingerprint density at radius 3 is 2.25 bits per heavy atom. The topological polar surface area (TPSA) is 87.7 Å². The van der Waals surface area contributed by atoms with Crippen LogP contribution in [0.2, 0.25) is 0 Å². The Balaban J connectivity index is 2.56. The molecule has 0 amide bonds. The maximum absolute atomic E-state index is 11.5. The van der Waals surface area contributed by atoms with E-state index in [1.165, 1.54) is 12.1 Å². The second-order valence-corrected chi connectivity index (χ2v) is 5.01. The zero-order valence-electron chi connectivity index (χ0n) is 11.1. The van der Waals surface area contributed by atoms with Crippen LogP contribution in [0.5, 0.6) is 5.75 Å². The number of carboxylic acids is 1. The number of carbonyl (C=O) groups is 1. The highest BCUT2D eigenvalue weighted by molar-refractivity contribution is 5.84. The quantitative estimate of drug-likeness (QED) is 0.897. The lowest BCUT2D eigenvalue weighted by molar-refractivity contribution is 0.0656. The molecule has 104 valence electrons. The number of phenolic OH excluding ortho intramolecular Hbond substituents is 1. The summed E-state index contributed by atoms with van der Waals surface area (Å²) in [5.74, 6) is -1.53. The van der Waals surface area contributed by atoms with Crippen LogP contribution in [0, 0.1) is 0 Å². The minimum atomic E-state index is -1.29. The van der Waals surface area contributed by atoms with Gasteiger partial charge in [0.05, 0.1) is 0 Å². The van der Waals surface area contributed by atoms with Crippen molar-refractivity contribution in [3.63, 3.8) is 0 Å². The van der Waals surface area contributed by atoms with Crippen LogP contribution < -0.4 is 5.63 Å². The zero-order valence-corrected chi connectivity index (χ0v) is 11.1. The molecular weight excluding hydrogens is 260 g/mol. The Bertz CT molecular complexity index is 695. The van der Waals surface area contributed by atoms with Crippen molar-refractivity contribution < 1.29 is 19.4 Å². The molecule has 1 aromatic heterocycles. The first-order valence-corrected chi connectivity index (χ1v) is 5.99. The van der Waals surface area contributed by atoms with E-state index in [2.05, 4.69) is 4.42 Å². The van der Waals surface area contributed by atoms with Gasteiger partial charge in [0, 0.05) is 11.5 Å². The second-order valence-electron chi connectivity index (χ2n) is 5.01. The lowest BCUT2D eigenvalue weighted by Crippen LogP contribution is -2.22. The van der Waals surface area contributed by atoms with Gasteiger partial charge >= 0.3 is 11.6 Å². The molecule has 0 fully saturated rings. The molecule has 0 aliphatic heterocycles. The fourth-order valence-electron chi connectivity index (χ4n) is 1.99. The van der Waals surface area contributed by atoms with Gasteiger partial charge in [-0.05, 0) is 29.3 Å². The van der Waals surface area contributed by atoms with Gasteiger partial charge in [-0.2, -0.15) is 0 Å². The third-order valence-electron chi connectivity index (χ3n) is 3.29. The molecule has 2 aromatic rings. The molecule has 1 aromatic carbocycles. The highest BCUT2D eigenvalue weighted by Crippen LogP contribution is 2.32. The molecule has 2 N–H and O–H groups in total. The van der Waals surface area contributed by atoms with E-state index in [1.807, 2.05) is 13.8 Å². The van der Waals surface area contributed by atoms with E-state index in [0.717, 1.165) is 5.56 Å². The number of phenols is 1. The molecule has 0 bridgehead atoms. The first-order valence-electron chi connectivity index (χ1n) is 5.99. The summed E-state index contributed by atoms with van der Waals surface area (Å²) >= 11 is 0. The highest BCUT2D eigenvalue weighted by Gasteiger charge is 2.25. The van der Waals surface area contributed by atoms with Crippen molar-refractivity contribution in [3.05, 3.63) is 63.7 Å². The van der Waals surface area contributed by atoms with E-state index in [-0.39, 0.29) is 11.5 Å². The van der Waals surface area contributed by atoms with Gasteiger partial charge in [-0.3, -0.25) is 0 Å². The number of rotatable bonds is 3. The van der Waals surface area contributed by atoms with Gasteiger partial charge in [0.15, 0.2) is 0 Å². The van der Waals surface area contributed by atoms with Crippen LogP contribution >= 0.6 is 0 Å². The third-order valence-corrected chi connectivity index (χ3v) is 3.29. The number of hydrogen-bond acceptors (Lipinski definition) is 4. The lowest BCUT2D eigenvalue weighted by Gasteiger charge is -2.25. The number of benzene rings is 1. The summed E-state index contributed by atoms with van der Waals surface area (Å²) in [4.78, 5) is 22.4. The minimum Gasteiger partial charge on any atom is -0.508 e. The molecule has 2 rings (SSSR count). The van der Waals surface area contributed by atoms with Gasteiger partial charge in [-0.15, -0.1) is 0 Å². The SMILES string of the molecule is CC(C)(c1ccc(O)cc1)c1cc(C(=O)O)oc(=O)c1. The van der Waals surface area contributed by atoms with Gasteiger partial charge in [0.2, 0.25) is 5.76 Å². The average Bonchev–Trinajstić information content (AvgIpc) is 2.38.